The highest BCUT2D eigenvalue weighted by molar-refractivity contribution is 7.85. The first-order valence-electron chi connectivity index (χ1n) is 12.0. The van der Waals surface area contributed by atoms with Gasteiger partial charge in [0.05, 0.1) is 27.9 Å². The van der Waals surface area contributed by atoms with Crippen molar-refractivity contribution in [2.24, 2.45) is 35.5 Å². The maximum absolute atomic E-state index is 13.0. The van der Waals surface area contributed by atoms with Crippen LogP contribution in [-0.4, -0.2) is 61.3 Å². The summed E-state index contributed by atoms with van der Waals surface area (Å²) in [6, 6.07) is 2.99. The molecule has 2 saturated heterocycles. The summed E-state index contributed by atoms with van der Waals surface area (Å²) in [5.41, 5.74) is -0.526. The lowest BCUT2D eigenvalue weighted by molar-refractivity contribution is -0.146. The lowest BCUT2D eigenvalue weighted by Crippen LogP contribution is -2.36. The monoisotopic (exact) mass is 518 g/mol. The van der Waals surface area contributed by atoms with Gasteiger partial charge in [-0.15, -0.1) is 0 Å². The van der Waals surface area contributed by atoms with E-state index in [2.05, 4.69) is 0 Å². The zero-order chi connectivity index (χ0) is 25.1. The predicted octanol–water partition coefficient (Wildman–Crippen LogP) is 1.15. The summed E-state index contributed by atoms with van der Waals surface area (Å²) >= 11 is 0. The molecular formula is C24H22O11S. The van der Waals surface area contributed by atoms with E-state index in [0.29, 0.717) is 25.7 Å². The van der Waals surface area contributed by atoms with Crippen LogP contribution in [0.2, 0.25) is 0 Å². The number of rotatable bonds is 5. The van der Waals surface area contributed by atoms with Crippen molar-refractivity contribution in [2.45, 2.75) is 55.0 Å². The summed E-state index contributed by atoms with van der Waals surface area (Å²) in [4.78, 5) is 49.4. The molecule has 0 radical (unpaired) electrons. The molecule has 4 saturated carbocycles. The van der Waals surface area contributed by atoms with Gasteiger partial charge in [0.15, 0.2) is 0 Å². The van der Waals surface area contributed by atoms with Crippen LogP contribution in [0.5, 0.6) is 0 Å². The lowest BCUT2D eigenvalue weighted by Gasteiger charge is -2.26. The van der Waals surface area contributed by atoms with E-state index < -0.39 is 51.4 Å². The summed E-state index contributed by atoms with van der Waals surface area (Å²) in [6.07, 6.45) is 0.164. The smallest absolute Gasteiger partial charge is 0.338 e. The summed E-state index contributed by atoms with van der Waals surface area (Å²) in [6.45, 7) is 0. The van der Waals surface area contributed by atoms with E-state index in [-0.39, 0.29) is 58.6 Å². The summed E-state index contributed by atoms with van der Waals surface area (Å²) in [7, 11) is -4.77. The summed E-state index contributed by atoms with van der Waals surface area (Å²) in [5.74, 6) is -2.79. The maximum atomic E-state index is 13.0. The average molecular weight is 518 g/mol. The second-order valence-electron chi connectivity index (χ2n) is 10.8. The number of carbonyl (C=O) groups is 4. The molecule has 0 amide bonds. The van der Waals surface area contributed by atoms with E-state index in [1.807, 2.05) is 0 Å². The largest absolute Gasteiger partial charge is 0.458 e. The molecule has 6 aliphatic rings. The highest BCUT2D eigenvalue weighted by Gasteiger charge is 2.64. The number of benzene rings is 1. The van der Waals surface area contributed by atoms with Crippen molar-refractivity contribution >= 4 is 34.0 Å². The Morgan fingerprint density at radius 1 is 0.778 bits per heavy atom. The molecule has 2 aliphatic heterocycles. The molecule has 10 atom stereocenters. The first-order valence-corrected chi connectivity index (χ1v) is 13.5. The molecule has 12 heteroatoms. The summed E-state index contributed by atoms with van der Waals surface area (Å²) in [5, 5.41) is 0. The van der Waals surface area contributed by atoms with Gasteiger partial charge in [0.1, 0.15) is 24.4 Å². The average Bonchev–Trinajstić information content (AvgIpc) is 3.63. The fourth-order valence-corrected chi connectivity index (χ4v) is 8.05. The molecule has 0 aromatic heterocycles. The minimum Gasteiger partial charge on any atom is -0.458 e. The van der Waals surface area contributed by atoms with E-state index in [1.54, 1.807) is 0 Å². The number of esters is 4. The van der Waals surface area contributed by atoms with Gasteiger partial charge in [-0.2, -0.15) is 8.42 Å². The van der Waals surface area contributed by atoms with Gasteiger partial charge >= 0.3 is 23.9 Å². The van der Waals surface area contributed by atoms with Gasteiger partial charge in [0, 0.05) is 23.7 Å². The van der Waals surface area contributed by atoms with Crippen molar-refractivity contribution in [3.05, 3.63) is 29.3 Å². The topological polar surface area (TPSA) is 160 Å². The van der Waals surface area contributed by atoms with Crippen LogP contribution in [0.15, 0.2) is 23.1 Å². The van der Waals surface area contributed by atoms with Crippen molar-refractivity contribution in [2.75, 3.05) is 0 Å². The molecular weight excluding hydrogens is 496 g/mol. The van der Waals surface area contributed by atoms with E-state index in [1.165, 1.54) is 0 Å². The normalized spacial score (nSPS) is 40.9. The third kappa shape index (κ3) is 3.09. The van der Waals surface area contributed by atoms with Crippen molar-refractivity contribution in [3.63, 3.8) is 0 Å². The van der Waals surface area contributed by atoms with Crippen LogP contribution in [0.3, 0.4) is 0 Å². The third-order valence-corrected chi connectivity index (χ3v) is 9.82. The second-order valence-corrected chi connectivity index (χ2v) is 12.2. The quantitative estimate of drug-likeness (QED) is 0.338. The van der Waals surface area contributed by atoms with Crippen LogP contribution in [0.1, 0.15) is 46.4 Å². The zero-order valence-electron chi connectivity index (χ0n) is 18.8. The molecule has 1 N–H and O–H groups in total. The van der Waals surface area contributed by atoms with Gasteiger partial charge in [0.2, 0.25) is 0 Å². The van der Waals surface area contributed by atoms with Gasteiger partial charge in [0.25, 0.3) is 10.1 Å². The molecule has 4 aliphatic carbocycles. The minimum atomic E-state index is -4.77. The first-order chi connectivity index (χ1) is 17.1. The molecule has 6 fully saturated rings. The molecule has 10 unspecified atom stereocenters. The third-order valence-electron chi connectivity index (χ3n) is 8.99. The Morgan fingerprint density at radius 2 is 1.22 bits per heavy atom. The molecule has 0 spiro atoms. The molecule has 1 aromatic carbocycles. The van der Waals surface area contributed by atoms with Gasteiger partial charge in [-0.1, -0.05) is 0 Å². The van der Waals surface area contributed by atoms with Gasteiger partial charge in [-0.3, -0.25) is 14.1 Å². The van der Waals surface area contributed by atoms with Crippen molar-refractivity contribution in [1.29, 1.82) is 0 Å². The van der Waals surface area contributed by atoms with Gasteiger partial charge < -0.3 is 18.9 Å². The molecule has 190 valence electrons. The summed E-state index contributed by atoms with van der Waals surface area (Å²) < 4.78 is 55.5. The van der Waals surface area contributed by atoms with Crippen molar-refractivity contribution in [3.8, 4) is 0 Å². The van der Waals surface area contributed by atoms with Crippen molar-refractivity contribution < 1.29 is 51.1 Å². The fourth-order valence-electron chi connectivity index (χ4n) is 7.50. The molecule has 11 nitrogen and oxygen atoms in total. The lowest BCUT2D eigenvalue weighted by atomic mass is 9.88. The van der Waals surface area contributed by atoms with Crippen LogP contribution < -0.4 is 0 Å². The van der Waals surface area contributed by atoms with Crippen LogP contribution in [0.25, 0.3) is 0 Å². The van der Waals surface area contributed by atoms with E-state index in [4.69, 9.17) is 18.9 Å². The van der Waals surface area contributed by atoms with Crippen LogP contribution in [0.4, 0.5) is 0 Å². The Morgan fingerprint density at radius 3 is 1.64 bits per heavy atom. The SMILES string of the molecule is O=C(OC1C2CC3C(=O)OC1C3C2)c1cc(C(=O)OC2C3CC4C(=O)OC2C4C3)cc(S(=O)(=O)O)c1. The highest BCUT2D eigenvalue weighted by atomic mass is 32.2. The molecule has 7 rings (SSSR count). The second kappa shape index (κ2) is 7.28. The van der Waals surface area contributed by atoms with Crippen molar-refractivity contribution in [1.82, 2.24) is 0 Å². The Balaban J connectivity index is 1.14. The van der Waals surface area contributed by atoms with Crippen LogP contribution in [0, 0.1) is 35.5 Å². The van der Waals surface area contributed by atoms with E-state index >= 15 is 0 Å². The molecule has 36 heavy (non-hydrogen) atoms. The number of hydrogen-bond donors (Lipinski definition) is 1. The Bertz CT molecular complexity index is 1250. The predicted molar refractivity (Wildman–Crippen MR) is 114 cm³/mol. The number of carbonyl (C=O) groups excluding carboxylic acids is 4. The Hall–Kier alpha value is -2.99. The number of fused-ring (bicyclic) bond motifs is 2. The maximum Gasteiger partial charge on any atom is 0.338 e. The minimum absolute atomic E-state index is 0.000946. The number of ether oxygens (including phenoxy) is 4. The Labute approximate surface area is 205 Å². The van der Waals surface area contributed by atoms with Crippen LogP contribution in [-0.2, 0) is 38.7 Å². The first kappa shape index (κ1) is 22.2. The van der Waals surface area contributed by atoms with E-state index in [0.717, 1.165) is 18.2 Å². The molecule has 2 heterocycles. The van der Waals surface area contributed by atoms with Gasteiger partial charge in [-0.05, 0) is 43.9 Å². The number of hydrogen-bond acceptors (Lipinski definition) is 10. The van der Waals surface area contributed by atoms with E-state index in [9.17, 15) is 32.1 Å². The Kier molecular flexibility index (Phi) is 4.50. The molecule has 1 aromatic rings. The molecule has 4 bridgehead atoms. The van der Waals surface area contributed by atoms with Crippen LogP contribution >= 0.6 is 0 Å². The fraction of sp³-hybridized carbons (Fsp3) is 0.583. The zero-order valence-corrected chi connectivity index (χ0v) is 19.6. The highest BCUT2D eigenvalue weighted by Crippen LogP contribution is 2.56. The van der Waals surface area contributed by atoms with Gasteiger partial charge in [-0.25, -0.2) is 9.59 Å². The standard InChI is InChI=1S/C24H22O11S/c25-21(32-17-8-4-13-15(6-8)23(27)34-19(13)17)10-1-11(3-12(2-10)36(29,30)31)22(26)33-18-9-5-14-16(7-9)24(28)35-20(14)18/h1-3,8-9,13-20H,4-7H2,(H,29,30,31).